The molecule has 0 aliphatic carbocycles. The second-order valence-electron chi connectivity index (χ2n) is 10.7. The van der Waals surface area contributed by atoms with Gasteiger partial charge in [-0.15, -0.1) is 0 Å². The Morgan fingerprint density at radius 1 is 0.545 bits per heavy atom. The minimum atomic E-state index is 0.225. The fraction of sp³-hybridized carbons (Fsp3) is 1.00. The molecule has 0 amide bonds. The van der Waals surface area contributed by atoms with E-state index in [4.69, 9.17) is 0 Å². The van der Waals surface area contributed by atoms with Gasteiger partial charge in [0.1, 0.15) is 0 Å². The van der Waals surface area contributed by atoms with Crippen molar-refractivity contribution in [1.29, 1.82) is 0 Å². The van der Waals surface area contributed by atoms with E-state index in [-0.39, 0.29) is 16.2 Å². The van der Waals surface area contributed by atoms with Crippen LogP contribution in [-0.4, -0.2) is 0 Å². The van der Waals surface area contributed by atoms with Crippen LogP contribution in [0, 0.1) is 38.9 Å². The lowest BCUT2D eigenvalue weighted by molar-refractivity contribution is -0.169. The minimum absolute atomic E-state index is 0.225. The van der Waals surface area contributed by atoms with E-state index in [0.29, 0.717) is 22.7 Å². The van der Waals surface area contributed by atoms with Gasteiger partial charge in [-0.25, -0.2) is 0 Å². The Balaban J connectivity index is 6.21. The third kappa shape index (κ3) is 2.78. The summed E-state index contributed by atoms with van der Waals surface area (Å²) in [5.74, 6) is 1.36. The average molecular weight is 311 g/mol. The molecule has 0 saturated heterocycles. The van der Waals surface area contributed by atoms with E-state index in [1.807, 2.05) is 0 Å². The zero-order valence-electron chi connectivity index (χ0n) is 18.4. The van der Waals surface area contributed by atoms with Gasteiger partial charge in [0.15, 0.2) is 0 Å². The summed E-state index contributed by atoms with van der Waals surface area (Å²) >= 11 is 0. The van der Waals surface area contributed by atoms with Gasteiger partial charge in [-0.05, 0) is 45.3 Å². The Hall–Kier alpha value is 0. The van der Waals surface area contributed by atoms with Crippen molar-refractivity contribution in [1.82, 2.24) is 0 Å². The van der Waals surface area contributed by atoms with Crippen molar-refractivity contribution in [2.24, 2.45) is 38.9 Å². The van der Waals surface area contributed by atoms with Crippen LogP contribution in [0.5, 0.6) is 0 Å². The Morgan fingerprint density at radius 3 is 1.14 bits per heavy atom. The van der Waals surface area contributed by atoms with Crippen molar-refractivity contribution in [3.8, 4) is 0 Å². The third-order valence-corrected chi connectivity index (χ3v) is 9.62. The average Bonchev–Trinajstić information content (AvgIpc) is 2.35. The molecule has 0 spiro atoms. The summed E-state index contributed by atoms with van der Waals surface area (Å²) in [6.07, 6.45) is 1.24. The van der Waals surface area contributed by atoms with E-state index >= 15 is 0 Å². The van der Waals surface area contributed by atoms with Gasteiger partial charge in [-0.3, -0.25) is 0 Å². The molecule has 0 aliphatic heterocycles. The molecule has 134 valence electrons. The van der Waals surface area contributed by atoms with E-state index in [1.54, 1.807) is 0 Å². The highest BCUT2D eigenvalue weighted by molar-refractivity contribution is 5.08. The predicted molar refractivity (Wildman–Crippen MR) is 103 cm³/mol. The van der Waals surface area contributed by atoms with Crippen molar-refractivity contribution in [3.63, 3.8) is 0 Å². The fourth-order valence-electron chi connectivity index (χ4n) is 4.59. The molecule has 0 radical (unpaired) electrons. The molecule has 0 saturated carbocycles. The van der Waals surface area contributed by atoms with Gasteiger partial charge in [0.05, 0.1) is 0 Å². The van der Waals surface area contributed by atoms with Crippen LogP contribution in [0.2, 0.25) is 0 Å². The molecule has 0 aliphatic rings. The second kappa shape index (κ2) is 6.14. The largest absolute Gasteiger partial charge is 0.0648 e. The molecule has 1 atom stereocenters. The summed E-state index contributed by atoms with van der Waals surface area (Å²) < 4.78 is 0. The number of hydrogen-bond acceptors (Lipinski definition) is 0. The first kappa shape index (κ1) is 22.0. The van der Waals surface area contributed by atoms with Crippen molar-refractivity contribution >= 4 is 0 Å². The maximum Gasteiger partial charge on any atom is -0.0241 e. The lowest BCUT2D eigenvalue weighted by Gasteiger charge is -2.65. The Morgan fingerprint density at radius 2 is 0.909 bits per heavy atom. The van der Waals surface area contributed by atoms with E-state index in [2.05, 4.69) is 96.9 Å². The lowest BCUT2D eigenvalue weighted by Crippen LogP contribution is -2.59. The molecule has 0 fully saturated rings. The Bertz CT molecular complexity index is 365. The summed E-state index contributed by atoms with van der Waals surface area (Å²) in [5.41, 5.74) is 1.34. The number of rotatable bonds is 7. The first-order valence-electron chi connectivity index (χ1n) is 9.45. The van der Waals surface area contributed by atoms with Crippen molar-refractivity contribution < 1.29 is 0 Å². The first-order valence-corrected chi connectivity index (χ1v) is 9.45. The number of hydrogen-bond donors (Lipinski definition) is 0. The van der Waals surface area contributed by atoms with Crippen LogP contribution in [0.1, 0.15) is 103 Å². The summed E-state index contributed by atoms with van der Waals surface area (Å²) in [5, 5.41) is 0. The highest BCUT2D eigenvalue weighted by atomic mass is 14.6. The molecule has 0 rings (SSSR count). The Kier molecular flexibility index (Phi) is 6.14. The smallest absolute Gasteiger partial charge is 0.0241 e. The van der Waals surface area contributed by atoms with Crippen LogP contribution in [0.3, 0.4) is 0 Å². The van der Waals surface area contributed by atoms with Gasteiger partial charge >= 0.3 is 0 Å². The first-order chi connectivity index (χ1) is 9.45. The van der Waals surface area contributed by atoms with Crippen molar-refractivity contribution in [2.45, 2.75) is 103 Å². The van der Waals surface area contributed by atoms with Gasteiger partial charge in [0.2, 0.25) is 0 Å². The molecular formula is C22H46. The maximum absolute atomic E-state index is 2.52. The maximum atomic E-state index is 2.52. The monoisotopic (exact) mass is 310 g/mol. The van der Waals surface area contributed by atoms with Gasteiger partial charge in [0, 0.05) is 0 Å². The molecule has 0 aromatic carbocycles. The Labute approximate surface area is 142 Å². The normalized spacial score (nSPS) is 18.0. The van der Waals surface area contributed by atoms with Crippen molar-refractivity contribution in [2.75, 3.05) is 0 Å². The molecule has 1 unspecified atom stereocenters. The van der Waals surface area contributed by atoms with Crippen LogP contribution in [0.15, 0.2) is 0 Å². The van der Waals surface area contributed by atoms with E-state index in [9.17, 15) is 0 Å². The summed E-state index contributed by atoms with van der Waals surface area (Å²) in [4.78, 5) is 0. The highest BCUT2D eigenvalue weighted by Crippen LogP contribution is 2.67. The SMILES string of the molecule is CCC(C)(C(C)C)C(C)(C)C(C)(C)C(C)(C)C(C)(C)C(C)C. The predicted octanol–water partition coefficient (Wildman–Crippen LogP) is 7.82. The van der Waals surface area contributed by atoms with Crippen LogP contribution in [0.25, 0.3) is 0 Å². The molecule has 22 heavy (non-hydrogen) atoms. The fourth-order valence-corrected chi connectivity index (χ4v) is 4.59. The van der Waals surface area contributed by atoms with E-state index < -0.39 is 0 Å². The lowest BCUT2D eigenvalue weighted by atomic mass is 9.39. The molecule has 0 nitrogen and oxygen atoms in total. The highest BCUT2D eigenvalue weighted by Gasteiger charge is 2.60. The van der Waals surface area contributed by atoms with Gasteiger partial charge < -0.3 is 0 Å². The van der Waals surface area contributed by atoms with Crippen LogP contribution in [-0.2, 0) is 0 Å². The van der Waals surface area contributed by atoms with Gasteiger partial charge in [0.25, 0.3) is 0 Å². The van der Waals surface area contributed by atoms with Gasteiger partial charge in [-0.1, -0.05) is 96.9 Å². The zero-order valence-corrected chi connectivity index (χ0v) is 18.4. The molecular weight excluding hydrogens is 264 g/mol. The minimum Gasteiger partial charge on any atom is -0.0648 e. The van der Waals surface area contributed by atoms with E-state index in [1.165, 1.54) is 6.42 Å². The molecule has 0 N–H and O–H groups in total. The third-order valence-electron chi connectivity index (χ3n) is 9.62. The molecule has 0 heterocycles. The van der Waals surface area contributed by atoms with E-state index in [0.717, 1.165) is 0 Å². The summed E-state index contributed by atoms with van der Waals surface area (Å²) in [7, 11) is 0. The standard InChI is InChI=1S/C22H46/c1-15-22(14,17(4)5)21(12,13)20(10,11)19(8,9)18(6,7)16(2)3/h16-17H,15H2,1-14H3. The summed E-state index contributed by atoms with van der Waals surface area (Å²) in [6, 6.07) is 0. The molecule has 0 aromatic heterocycles. The van der Waals surface area contributed by atoms with Crippen LogP contribution < -0.4 is 0 Å². The molecule has 0 heteroatoms. The van der Waals surface area contributed by atoms with Crippen molar-refractivity contribution in [3.05, 3.63) is 0 Å². The summed E-state index contributed by atoms with van der Waals surface area (Å²) in [6.45, 7) is 34.5. The second-order valence-corrected chi connectivity index (χ2v) is 10.7. The quantitative estimate of drug-likeness (QED) is 0.449. The molecule has 0 aromatic rings. The topological polar surface area (TPSA) is 0 Å². The van der Waals surface area contributed by atoms with Gasteiger partial charge in [-0.2, -0.15) is 0 Å². The molecule has 0 bridgehead atoms. The zero-order chi connectivity index (χ0) is 18.4. The van der Waals surface area contributed by atoms with Crippen LogP contribution in [0.4, 0.5) is 0 Å². The van der Waals surface area contributed by atoms with Crippen LogP contribution >= 0.6 is 0 Å².